The molecule has 1 aromatic heterocycles. The second-order valence-corrected chi connectivity index (χ2v) is 4.94. The fraction of sp³-hybridized carbons (Fsp3) is 0.692. The maximum atomic E-state index is 5.14. The van der Waals surface area contributed by atoms with E-state index in [-0.39, 0.29) is 0 Å². The van der Waals surface area contributed by atoms with E-state index in [9.17, 15) is 0 Å². The highest BCUT2D eigenvalue weighted by Crippen LogP contribution is 2.43. The van der Waals surface area contributed by atoms with Gasteiger partial charge in [0.2, 0.25) is 11.8 Å². The number of nitrogens with one attached hydrogen (secondary N) is 1. The number of anilines is 1. The number of rotatable bonds is 5. The Morgan fingerprint density at radius 2 is 2.18 bits per heavy atom. The highest BCUT2D eigenvalue weighted by atomic mass is 16.5. The van der Waals surface area contributed by atoms with E-state index in [4.69, 9.17) is 4.74 Å². The van der Waals surface area contributed by atoms with E-state index < -0.39 is 0 Å². The van der Waals surface area contributed by atoms with Crippen molar-refractivity contribution in [2.45, 2.75) is 39.5 Å². The SMILES string of the molecule is CCC1(CNc2nc(C)cc(OC)n2)CCC1. The molecule has 0 saturated heterocycles. The number of ether oxygens (including phenoxy) is 1. The van der Waals surface area contributed by atoms with Gasteiger partial charge in [0, 0.05) is 18.3 Å². The van der Waals surface area contributed by atoms with Crippen molar-refractivity contribution >= 4 is 5.95 Å². The molecule has 4 heteroatoms. The predicted molar refractivity (Wildman–Crippen MR) is 68.4 cm³/mol. The average Bonchev–Trinajstić information content (AvgIpc) is 2.27. The molecule has 94 valence electrons. The Morgan fingerprint density at radius 1 is 1.41 bits per heavy atom. The van der Waals surface area contributed by atoms with Gasteiger partial charge in [0.25, 0.3) is 0 Å². The Balaban J connectivity index is 2.01. The van der Waals surface area contributed by atoms with E-state index in [1.54, 1.807) is 7.11 Å². The van der Waals surface area contributed by atoms with Gasteiger partial charge in [0.15, 0.2) is 0 Å². The summed E-state index contributed by atoms with van der Waals surface area (Å²) in [6.07, 6.45) is 5.22. The van der Waals surface area contributed by atoms with Crippen molar-refractivity contribution in [3.05, 3.63) is 11.8 Å². The normalized spacial score (nSPS) is 17.4. The molecule has 1 saturated carbocycles. The van der Waals surface area contributed by atoms with Crippen LogP contribution in [0.15, 0.2) is 6.07 Å². The summed E-state index contributed by atoms with van der Waals surface area (Å²) >= 11 is 0. The number of aromatic nitrogens is 2. The number of nitrogens with zero attached hydrogens (tertiary/aromatic N) is 2. The molecule has 1 aromatic rings. The molecular weight excluding hydrogens is 214 g/mol. The molecule has 0 amide bonds. The van der Waals surface area contributed by atoms with Gasteiger partial charge in [-0.25, -0.2) is 4.98 Å². The predicted octanol–water partition coefficient (Wildman–Crippen LogP) is 2.79. The average molecular weight is 235 g/mol. The Hall–Kier alpha value is -1.32. The molecule has 0 bridgehead atoms. The van der Waals surface area contributed by atoms with Crippen LogP contribution in [0.3, 0.4) is 0 Å². The standard InChI is InChI=1S/C13H21N3O/c1-4-13(6-5-7-13)9-14-12-15-10(2)8-11(16-12)17-3/h8H,4-7,9H2,1-3H3,(H,14,15,16). The zero-order valence-electron chi connectivity index (χ0n) is 10.9. The van der Waals surface area contributed by atoms with Crippen LogP contribution < -0.4 is 10.1 Å². The molecule has 17 heavy (non-hydrogen) atoms. The van der Waals surface area contributed by atoms with Gasteiger partial charge in [-0.05, 0) is 31.6 Å². The molecular formula is C13H21N3O. The van der Waals surface area contributed by atoms with Gasteiger partial charge in [-0.15, -0.1) is 0 Å². The summed E-state index contributed by atoms with van der Waals surface area (Å²) in [6, 6.07) is 1.84. The van der Waals surface area contributed by atoms with Crippen LogP contribution in [-0.2, 0) is 0 Å². The minimum Gasteiger partial charge on any atom is -0.481 e. The summed E-state index contributed by atoms with van der Waals surface area (Å²) in [5.41, 5.74) is 1.40. The van der Waals surface area contributed by atoms with Crippen LogP contribution in [0.2, 0.25) is 0 Å². The van der Waals surface area contributed by atoms with Crippen LogP contribution in [0, 0.1) is 12.3 Å². The van der Waals surface area contributed by atoms with Crippen LogP contribution in [0.1, 0.15) is 38.3 Å². The Labute approximate surface area is 103 Å². The molecule has 0 aliphatic heterocycles. The molecule has 0 atom stereocenters. The summed E-state index contributed by atoms with van der Waals surface area (Å²) in [4.78, 5) is 8.68. The van der Waals surface area contributed by atoms with Crippen molar-refractivity contribution in [1.29, 1.82) is 0 Å². The van der Waals surface area contributed by atoms with Crippen molar-refractivity contribution < 1.29 is 4.74 Å². The van der Waals surface area contributed by atoms with Crippen molar-refractivity contribution in [3.8, 4) is 5.88 Å². The number of methoxy groups -OCH3 is 1. The third-order valence-corrected chi connectivity index (χ3v) is 3.83. The largest absolute Gasteiger partial charge is 0.481 e. The van der Waals surface area contributed by atoms with E-state index in [1.807, 2.05) is 13.0 Å². The smallest absolute Gasteiger partial charge is 0.226 e. The topological polar surface area (TPSA) is 47.0 Å². The van der Waals surface area contributed by atoms with Gasteiger partial charge in [0.05, 0.1) is 7.11 Å². The molecule has 1 aliphatic rings. The molecule has 0 aromatic carbocycles. The van der Waals surface area contributed by atoms with E-state index in [1.165, 1.54) is 25.7 Å². The quantitative estimate of drug-likeness (QED) is 0.852. The molecule has 0 spiro atoms. The Kier molecular flexibility index (Phi) is 3.50. The molecule has 2 rings (SSSR count). The lowest BCUT2D eigenvalue weighted by molar-refractivity contribution is 0.144. The van der Waals surface area contributed by atoms with Gasteiger partial charge >= 0.3 is 0 Å². The number of hydrogen-bond acceptors (Lipinski definition) is 4. The van der Waals surface area contributed by atoms with Crippen molar-refractivity contribution in [2.24, 2.45) is 5.41 Å². The zero-order chi connectivity index (χ0) is 12.3. The number of hydrogen-bond donors (Lipinski definition) is 1. The van der Waals surface area contributed by atoms with Crippen LogP contribution in [0.4, 0.5) is 5.95 Å². The second-order valence-electron chi connectivity index (χ2n) is 4.94. The van der Waals surface area contributed by atoms with Crippen molar-refractivity contribution in [3.63, 3.8) is 0 Å². The lowest BCUT2D eigenvalue weighted by Crippen LogP contribution is -2.36. The van der Waals surface area contributed by atoms with Crippen LogP contribution in [0.5, 0.6) is 5.88 Å². The summed E-state index contributed by atoms with van der Waals surface area (Å²) in [6.45, 7) is 5.18. The monoisotopic (exact) mass is 235 g/mol. The van der Waals surface area contributed by atoms with Crippen LogP contribution in [0.25, 0.3) is 0 Å². The van der Waals surface area contributed by atoms with Gasteiger partial charge in [-0.3, -0.25) is 0 Å². The van der Waals surface area contributed by atoms with Crippen LogP contribution in [-0.4, -0.2) is 23.6 Å². The van der Waals surface area contributed by atoms with E-state index in [0.717, 1.165) is 12.2 Å². The fourth-order valence-corrected chi connectivity index (χ4v) is 2.32. The first kappa shape index (κ1) is 12.1. The summed E-state index contributed by atoms with van der Waals surface area (Å²) < 4.78 is 5.14. The fourth-order valence-electron chi connectivity index (χ4n) is 2.32. The summed E-state index contributed by atoms with van der Waals surface area (Å²) in [7, 11) is 1.63. The van der Waals surface area contributed by atoms with Gasteiger partial charge < -0.3 is 10.1 Å². The minimum atomic E-state index is 0.473. The van der Waals surface area contributed by atoms with Gasteiger partial charge in [-0.2, -0.15) is 4.98 Å². The van der Waals surface area contributed by atoms with Gasteiger partial charge in [0.1, 0.15) is 0 Å². The van der Waals surface area contributed by atoms with E-state index in [0.29, 0.717) is 17.2 Å². The van der Waals surface area contributed by atoms with E-state index >= 15 is 0 Å². The summed E-state index contributed by atoms with van der Waals surface area (Å²) in [5, 5.41) is 3.35. The molecule has 0 unspecified atom stereocenters. The minimum absolute atomic E-state index is 0.473. The molecule has 4 nitrogen and oxygen atoms in total. The van der Waals surface area contributed by atoms with Crippen LogP contribution >= 0.6 is 0 Å². The first-order chi connectivity index (χ1) is 8.17. The lowest BCUT2D eigenvalue weighted by atomic mass is 9.67. The van der Waals surface area contributed by atoms with Crippen molar-refractivity contribution in [1.82, 2.24) is 9.97 Å². The third kappa shape index (κ3) is 2.68. The Bertz CT molecular complexity index is 383. The molecule has 1 heterocycles. The first-order valence-corrected chi connectivity index (χ1v) is 6.31. The first-order valence-electron chi connectivity index (χ1n) is 6.31. The molecule has 1 fully saturated rings. The third-order valence-electron chi connectivity index (χ3n) is 3.83. The second kappa shape index (κ2) is 4.90. The highest BCUT2D eigenvalue weighted by Gasteiger charge is 2.34. The zero-order valence-corrected chi connectivity index (χ0v) is 10.9. The number of aryl methyl sites for hydroxylation is 1. The molecule has 1 N–H and O–H groups in total. The molecule has 0 radical (unpaired) electrons. The lowest BCUT2D eigenvalue weighted by Gasteiger charge is -2.41. The van der Waals surface area contributed by atoms with E-state index in [2.05, 4.69) is 22.2 Å². The molecule has 1 aliphatic carbocycles. The van der Waals surface area contributed by atoms with Crippen molar-refractivity contribution in [2.75, 3.05) is 19.0 Å². The highest BCUT2D eigenvalue weighted by molar-refractivity contribution is 5.31. The maximum Gasteiger partial charge on any atom is 0.226 e. The Morgan fingerprint density at radius 3 is 2.71 bits per heavy atom. The maximum absolute atomic E-state index is 5.14. The summed E-state index contributed by atoms with van der Waals surface area (Å²) in [5.74, 6) is 1.31. The van der Waals surface area contributed by atoms with Gasteiger partial charge in [-0.1, -0.05) is 13.3 Å².